The van der Waals surface area contributed by atoms with Crippen LogP contribution in [0, 0.1) is 0 Å². The van der Waals surface area contributed by atoms with Gasteiger partial charge in [0.25, 0.3) is 0 Å². The van der Waals surface area contributed by atoms with Crippen molar-refractivity contribution in [3.8, 4) is 0 Å². The molecule has 9 heteroatoms. The predicted molar refractivity (Wildman–Crippen MR) is 126 cm³/mol. The molecule has 3 aromatic rings. The summed E-state index contributed by atoms with van der Waals surface area (Å²) in [5, 5.41) is 9.76. The monoisotopic (exact) mass is 470 g/mol. The fourth-order valence-electron chi connectivity index (χ4n) is 4.08. The number of nitrogens with zero attached hydrogens (tertiary/aromatic N) is 4. The van der Waals surface area contributed by atoms with Gasteiger partial charge in [0.2, 0.25) is 0 Å². The number of piperidine rings is 1. The van der Waals surface area contributed by atoms with Gasteiger partial charge in [-0.1, -0.05) is 0 Å². The Bertz CT molecular complexity index is 1250. The third-order valence-electron chi connectivity index (χ3n) is 5.81. The van der Waals surface area contributed by atoms with Gasteiger partial charge in [0.05, 0.1) is 22.8 Å². The Hall–Kier alpha value is -2.94. The van der Waals surface area contributed by atoms with Gasteiger partial charge in [-0.05, 0) is 70.0 Å². The SMILES string of the molecule is CC(C)(C)OC(=O)N1CCC(c2ccc(Cn3ccc4cc(S(C)(=O)=O)ccc43)nn2)CC1. The first kappa shape index (κ1) is 23.2. The van der Waals surface area contributed by atoms with E-state index in [0.717, 1.165) is 35.1 Å². The molecule has 0 radical (unpaired) electrons. The van der Waals surface area contributed by atoms with E-state index in [9.17, 15) is 13.2 Å². The van der Waals surface area contributed by atoms with Gasteiger partial charge in [0, 0.05) is 42.4 Å². The maximum atomic E-state index is 12.3. The molecule has 33 heavy (non-hydrogen) atoms. The average molecular weight is 471 g/mol. The van der Waals surface area contributed by atoms with Gasteiger partial charge in [-0.25, -0.2) is 13.2 Å². The molecule has 8 nitrogen and oxygen atoms in total. The van der Waals surface area contributed by atoms with Gasteiger partial charge in [-0.3, -0.25) is 0 Å². The number of hydrogen-bond acceptors (Lipinski definition) is 6. The highest BCUT2D eigenvalue weighted by Crippen LogP contribution is 2.27. The molecule has 0 aliphatic carbocycles. The van der Waals surface area contributed by atoms with E-state index in [-0.39, 0.29) is 12.0 Å². The smallest absolute Gasteiger partial charge is 0.410 e. The maximum Gasteiger partial charge on any atom is 0.410 e. The summed E-state index contributed by atoms with van der Waals surface area (Å²) in [6, 6.07) is 11.1. The van der Waals surface area contributed by atoms with Gasteiger partial charge < -0.3 is 14.2 Å². The van der Waals surface area contributed by atoms with Crippen molar-refractivity contribution in [2.24, 2.45) is 0 Å². The van der Waals surface area contributed by atoms with Crippen molar-refractivity contribution in [1.29, 1.82) is 0 Å². The van der Waals surface area contributed by atoms with Crippen molar-refractivity contribution in [2.75, 3.05) is 19.3 Å². The van der Waals surface area contributed by atoms with Crippen LogP contribution in [0.3, 0.4) is 0 Å². The Balaban J connectivity index is 1.39. The van der Waals surface area contributed by atoms with Crippen LogP contribution in [0.25, 0.3) is 10.9 Å². The van der Waals surface area contributed by atoms with Gasteiger partial charge in [-0.2, -0.15) is 10.2 Å². The van der Waals surface area contributed by atoms with E-state index in [0.29, 0.717) is 24.5 Å². The van der Waals surface area contributed by atoms with Crippen LogP contribution in [0.4, 0.5) is 4.79 Å². The molecule has 1 saturated heterocycles. The topological polar surface area (TPSA) is 94.4 Å². The van der Waals surface area contributed by atoms with Crippen LogP contribution in [0.5, 0.6) is 0 Å². The normalized spacial score (nSPS) is 15.7. The molecule has 4 rings (SSSR count). The van der Waals surface area contributed by atoms with Crippen LogP contribution in [0.2, 0.25) is 0 Å². The number of amides is 1. The van der Waals surface area contributed by atoms with Gasteiger partial charge >= 0.3 is 6.09 Å². The van der Waals surface area contributed by atoms with E-state index in [2.05, 4.69) is 10.2 Å². The van der Waals surface area contributed by atoms with Crippen molar-refractivity contribution < 1.29 is 17.9 Å². The Morgan fingerprint density at radius 1 is 1.09 bits per heavy atom. The third kappa shape index (κ3) is 5.52. The molecule has 0 spiro atoms. The fourth-order valence-corrected chi connectivity index (χ4v) is 4.73. The lowest BCUT2D eigenvalue weighted by Crippen LogP contribution is -2.41. The second kappa shape index (κ2) is 8.78. The fraction of sp³-hybridized carbons (Fsp3) is 0.458. The number of likely N-dealkylation sites (tertiary alicyclic amines) is 1. The van der Waals surface area contributed by atoms with E-state index in [4.69, 9.17) is 4.74 Å². The summed E-state index contributed by atoms with van der Waals surface area (Å²) in [5.74, 6) is 0.270. The Morgan fingerprint density at radius 2 is 1.82 bits per heavy atom. The molecule has 0 bridgehead atoms. The Kier molecular flexibility index (Phi) is 6.18. The van der Waals surface area contributed by atoms with Crippen molar-refractivity contribution >= 4 is 26.8 Å². The van der Waals surface area contributed by atoms with Gasteiger partial charge in [0.15, 0.2) is 9.84 Å². The molecule has 0 saturated carbocycles. The van der Waals surface area contributed by atoms with Crippen molar-refractivity contribution in [2.45, 2.75) is 56.6 Å². The first-order valence-corrected chi connectivity index (χ1v) is 13.0. The molecule has 0 atom stereocenters. The number of carbonyl (C=O) groups is 1. The van der Waals surface area contributed by atoms with Crippen LogP contribution in [0.15, 0.2) is 47.5 Å². The summed E-state index contributed by atoms with van der Waals surface area (Å²) < 4.78 is 31.1. The summed E-state index contributed by atoms with van der Waals surface area (Å²) in [6.07, 6.45) is 4.55. The van der Waals surface area contributed by atoms with Crippen LogP contribution >= 0.6 is 0 Å². The second-order valence-corrected chi connectivity index (χ2v) is 11.6. The molecule has 1 fully saturated rings. The first-order chi connectivity index (χ1) is 15.5. The number of sulfone groups is 1. The number of hydrogen-bond donors (Lipinski definition) is 0. The van der Waals surface area contributed by atoms with Crippen LogP contribution in [-0.2, 0) is 21.1 Å². The number of ether oxygens (including phenoxy) is 1. The number of fused-ring (bicyclic) bond motifs is 1. The largest absolute Gasteiger partial charge is 0.444 e. The number of rotatable bonds is 4. The summed E-state index contributed by atoms with van der Waals surface area (Å²) in [5.41, 5.74) is 2.23. The molecule has 2 aromatic heterocycles. The first-order valence-electron chi connectivity index (χ1n) is 11.1. The summed E-state index contributed by atoms with van der Waals surface area (Å²) in [4.78, 5) is 14.3. The minimum absolute atomic E-state index is 0.259. The second-order valence-electron chi connectivity index (χ2n) is 9.63. The van der Waals surface area contributed by atoms with Crippen molar-refractivity contribution in [1.82, 2.24) is 19.7 Å². The predicted octanol–water partition coefficient (Wildman–Crippen LogP) is 4.00. The minimum atomic E-state index is -3.24. The van der Waals surface area contributed by atoms with Gasteiger partial charge in [0.1, 0.15) is 5.60 Å². The summed E-state index contributed by atoms with van der Waals surface area (Å²) >= 11 is 0. The summed E-state index contributed by atoms with van der Waals surface area (Å²) in [7, 11) is -3.24. The van der Waals surface area contributed by atoms with E-state index < -0.39 is 15.4 Å². The van der Waals surface area contributed by atoms with Crippen molar-refractivity contribution in [3.05, 3.63) is 54.0 Å². The van der Waals surface area contributed by atoms with Crippen LogP contribution in [0.1, 0.15) is 50.9 Å². The Labute approximate surface area is 194 Å². The highest BCUT2D eigenvalue weighted by atomic mass is 32.2. The number of aromatic nitrogens is 3. The van der Waals surface area contributed by atoms with E-state index in [1.54, 1.807) is 17.0 Å². The molecule has 1 aliphatic rings. The van der Waals surface area contributed by atoms with Gasteiger partial charge in [-0.15, -0.1) is 0 Å². The average Bonchev–Trinajstić information content (AvgIpc) is 3.15. The summed E-state index contributed by atoms with van der Waals surface area (Å²) in [6.45, 7) is 7.46. The molecule has 0 unspecified atom stereocenters. The lowest BCUT2D eigenvalue weighted by molar-refractivity contribution is 0.0204. The lowest BCUT2D eigenvalue weighted by atomic mass is 9.93. The Morgan fingerprint density at radius 3 is 2.42 bits per heavy atom. The minimum Gasteiger partial charge on any atom is -0.444 e. The number of benzene rings is 1. The zero-order valence-corrected chi connectivity index (χ0v) is 20.3. The highest BCUT2D eigenvalue weighted by Gasteiger charge is 2.28. The van der Waals surface area contributed by atoms with Crippen LogP contribution in [-0.4, -0.2) is 59.1 Å². The lowest BCUT2D eigenvalue weighted by Gasteiger charge is -2.33. The molecule has 1 aliphatic heterocycles. The quantitative estimate of drug-likeness (QED) is 0.572. The van der Waals surface area contributed by atoms with E-state index in [1.807, 2.05) is 55.8 Å². The molecule has 176 valence electrons. The molecule has 1 aromatic carbocycles. The zero-order valence-electron chi connectivity index (χ0n) is 19.5. The van der Waals surface area contributed by atoms with Crippen molar-refractivity contribution in [3.63, 3.8) is 0 Å². The molecule has 3 heterocycles. The van der Waals surface area contributed by atoms with E-state index >= 15 is 0 Å². The standard InChI is InChI=1S/C24H30N4O4S/c1-24(2,3)32-23(29)27-12-9-17(10-13-27)21-7-5-19(25-26-21)16-28-14-11-18-15-20(33(4,30)31)6-8-22(18)28/h5-8,11,14-15,17H,9-10,12-13,16H2,1-4H3. The third-order valence-corrected chi connectivity index (χ3v) is 6.92. The van der Waals surface area contributed by atoms with Crippen LogP contribution < -0.4 is 0 Å². The van der Waals surface area contributed by atoms with E-state index in [1.165, 1.54) is 6.26 Å². The maximum absolute atomic E-state index is 12.3. The zero-order chi connectivity index (χ0) is 23.8. The molecule has 0 N–H and O–H groups in total. The molecule has 1 amide bonds. The number of carbonyl (C=O) groups excluding carboxylic acids is 1. The molecular formula is C24H30N4O4S. The molecular weight excluding hydrogens is 440 g/mol. The highest BCUT2D eigenvalue weighted by molar-refractivity contribution is 7.90.